The smallest absolute Gasteiger partial charge is 0.190 e. The lowest BCUT2D eigenvalue weighted by Gasteiger charge is -2.13. The Bertz CT molecular complexity index is 951. The molecular formula is C21H26F2IN5. The van der Waals surface area contributed by atoms with Gasteiger partial charge >= 0.3 is 0 Å². The van der Waals surface area contributed by atoms with Gasteiger partial charge in [0, 0.05) is 32.7 Å². The van der Waals surface area contributed by atoms with Gasteiger partial charge in [-0.2, -0.15) is 0 Å². The summed E-state index contributed by atoms with van der Waals surface area (Å²) in [5.41, 5.74) is 2.77. The van der Waals surface area contributed by atoms with Crippen molar-refractivity contribution in [1.82, 2.24) is 20.2 Å². The number of aliphatic imine (C=N–C) groups is 1. The first-order valence-corrected chi connectivity index (χ1v) is 9.38. The van der Waals surface area contributed by atoms with Crippen LogP contribution < -0.4 is 10.6 Å². The third-order valence-corrected chi connectivity index (χ3v) is 4.55. The summed E-state index contributed by atoms with van der Waals surface area (Å²) in [6, 6.07) is 11.7. The zero-order valence-corrected chi connectivity index (χ0v) is 18.9. The van der Waals surface area contributed by atoms with E-state index in [2.05, 4.69) is 31.2 Å². The highest BCUT2D eigenvalue weighted by atomic mass is 127. The Hall–Kier alpha value is -2.23. The number of guanidine groups is 1. The van der Waals surface area contributed by atoms with E-state index in [0.29, 0.717) is 24.5 Å². The van der Waals surface area contributed by atoms with Crippen LogP contribution in [-0.2, 0) is 13.0 Å². The van der Waals surface area contributed by atoms with Crippen molar-refractivity contribution in [2.24, 2.45) is 4.99 Å². The van der Waals surface area contributed by atoms with Crippen LogP contribution in [0.25, 0.3) is 11.0 Å². The van der Waals surface area contributed by atoms with E-state index < -0.39 is 11.6 Å². The Morgan fingerprint density at radius 3 is 2.48 bits per heavy atom. The normalized spacial score (nSPS) is 11.4. The summed E-state index contributed by atoms with van der Waals surface area (Å²) in [5.74, 6) is 0.565. The summed E-state index contributed by atoms with van der Waals surface area (Å²) in [6.07, 6.45) is 1.42. The Morgan fingerprint density at radius 1 is 1.07 bits per heavy atom. The minimum atomic E-state index is -0.556. The van der Waals surface area contributed by atoms with Crippen LogP contribution in [-0.4, -0.2) is 35.6 Å². The molecule has 0 saturated heterocycles. The maximum atomic E-state index is 13.2. The topological polar surface area (TPSA) is 54.2 Å². The molecule has 0 unspecified atom stereocenters. The Morgan fingerprint density at radius 2 is 1.76 bits per heavy atom. The van der Waals surface area contributed by atoms with Crippen molar-refractivity contribution >= 4 is 41.0 Å². The SMILES string of the molecule is CN=C(NCCCn1c(C)nc2ccccc21)NCCc1cc(F)cc(F)c1.I. The molecule has 3 aromatic rings. The summed E-state index contributed by atoms with van der Waals surface area (Å²) in [6.45, 7) is 4.16. The first-order chi connectivity index (χ1) is 13.6. The van der Waals surface area contributed by atoms with Crippen LogP contribution in [0.15, 0.2) is 47.5 Å². The van der Waals surface area contributed by atoms with Gasteiger partial charge < -0.3 is 15.2 Å². The molecule has 8 heteroatoms. The maximum Gasteiger partial charge on any atom is 0.190 e. The minimum absolute atomic E-state index is 0. The lowest BCUT2D eigenvalue weighted by Crippen LogP contribution is -2.39. The number of hydrogen-bond acceptors (Lipinski definition) is 2. The fraction of sp³-hybridized carbons (Fsp3) is 0.333. The van der Waals surface area contributed by atoms with Gasteiger partial charge in [0.25, 0.3) is 0 Å². The molecule has 156 valence electrons. The molecule has 0 atom stereocenters. The van der Waals surface area contributed by atoms with E-state index in [4.69, 9.17) is 0 Å². The van der Waals surface area contributed by atoms with Gasteiger partial charge in [0.2, 0.25) is 0 Å². The molecule has 0 spiro atoms. The standard InChI is InChI=1S/C21H25F2N5.HI/c1-15-27-19-6-3-4-7-20(19)28(15)11-5-9-25-21(24-2)26-10-8-16-12-17(22)14-18(23)13-16;/h3-4,6-7,12-14H,5,8-11H2,1-2H3,(H2,24,25,26);1H. The Labute approximate surface area is 186 Å². The van der Waals surface area contributed by atoms with Crippen molar-refractivity contribution in [2.75, 3.05) is 20.1 Å². The average molecular weight is 513 g/mol. The van der Waals surface area contributed by atoms with Gasteiger partial charge in [-0.25, -0.2) is 13.8 Å². The lowest BCUT2D eigenvalue weighted by molar-refractivity contribution is 0.579. The summed E-state index contributed by atoms with van der Waals surface area (Å²) in [7, 11) is 1.70. The van der Waals surface area contributed by atoms with Gasteiger partial charge in [-0.1, -0.05) is 12.1 Å². The van der Waals surface area contributed by atoms with E-state index in [0.717, 1.165) is 42.4 Å². The van der Waals surface area contributed by atoms with Gasteiger partial charge in [-0.05, 0) is 49.6 Å². The molecule has 0 aliphatic heterocycles. The molecule has 2 aromatic carbocycles. The average Bonchev–Trinajstić information content (AvgIpc) is 2.98. The van der Waals surface area contributed by atoms with Crippen molar-refractivity contribution in [3.8, 4) is 0 Å². The summed E-state index contributed by atoms with van der Waals surface area (Å²) >= 11 is 0. The number of aryl methyl sites for hydroxylation is 2. The predicted molar refractivity (Wildman–Crippen MR) is 124 cm³/mol. The number of nitrogens with one attached hydrogen (secondary N) is 2. The van der Waals surface area contributed by atoms with Crippen molar-refractivity contribution in [1.29, 1.82) is 0 Å². The molecule has 29 heavy (non-hydrogen) atoms. The number of aromatic nitrogens is 2. The number of fused-ring (bicyclic) bond motifs is 1. The van der Waals surface area contributed by atoms with E-state index in [-0.39, 0.29) is 24.0 Å². The van der Waals surface area contributed by atoms with E-state index in [9.17, 15) is 8.78 Å². The molecule has 3 rings (SSSR count). The fourth-order valence-electron chi connectivity index (χ4n) is 3.22. The minimum Gasteiger partial charge on any atom is -0.356 e. The summed E-state index contributed by atoms with van der Waals surface area (Å²) < 4.78 is 28.7. The first-order valence-electron chi connectivity index (χ1n) is 9.38. The third-order valence-electron chi connectivity index (χ3n) is 4.55. The van der Waals surface area contributed by atoms with Crippen molar-refractivity contribution in [3.05, 3.63) is 65.5 Å². The molecule has 0 aliphatic carbocycles. The first kappa shape index (κ1) is 23.1. The molecule has 0 amide bonds. The second-order valence-electron chi connectivity index (χ2n) is 6.61. The molecule has 0 radical (unpaired) electrons. The van der Waals surface area contributed by atoms with Gasteiger partial charge in [-0.3, -0.25) is 4.99 Å². The largest absolute Gasteiger partial charge is 0.356 e. The molecule has 1 heterocycles. The van der Waals surface area contributed by atoms with Crippen LogP contribution >= 0.6 is 24.0 Å². The van der Waals surface area contributed by atoms with Crippen LogP contribution in [0.5, 0.6) is 0 Å². The molecule has 0 bridgehead atoms. The van der Waals surface area contributed by atoms with Crippen molar-refractivity contribution < 1.29 is 8.78 Å². The number of rotatable bonds is 7. The van der Waals surface area contributed by atoms with E-state index in [1.165, 1.54) is 12.1 Å². The Kier molecular flexibility index (Phi) is 8.81. The lowest BCUT2D eigenvalue weighted by atomic mass is 10.1. The number of imidazole rings is 1. The highest BCUT2D eigenvalue weighted by Gasteiger charge is 2.06. The van der Waals surface area contributed by atoms with Gasteiger partial charge in [0.15, 0.2) is 5.96 Å². The summed E-state index contributed by atoms with van der Waals surface area (Å²) in [4.78, 5) is 8.76. The number of hydrogen-bond donors (Lipinski definition) is 2. The molecule has 0 fully saturated rings. The van der Waals surface area contributed by atoms with Gasteiger partial charge in [0.1, 0.15) is 17.5 Å². The Balaban J connectivity index is 0.00000300. The number of halogens is 3. The van der Waals surface area contributed by atoms with Crippen molar-refractivity contribution in [2.45, 2.75) is 26.3 Å². The zero-order valence-electron chi connectivity index (χ0n) is 16.6. The highest BCUT2D eigenvalue weighted by Crippen LogP contribution is 2.15. The van der Waals surface area contributed by atoms with Gasteiger partial charge in [-0.15, -0.1) is 24.0 Å². The van der Waals surface area contributed by atoms with Crippen molar-refractivity contribution in [3.63, 3.8) is 0 Å². The number of para-hydroxylation sites is 2. The van der Waals surface area contributed by atoms with E-state index >= 15 is 0 Å². The molecule has 0 aliphatic rings. The zero-order chi connectivity index (χ0) is 19.9. The second-order valence-corrected chi connectivity index (χ2v) is 6.61. The maximum absolute atomic E-state index is 13.2. The molecule has 0 saturated carbocycles. The number of nitrogens with zero attached hydrogens (tertiary/aromatic N) is 3. The highest BCUT2D eigenvalue weighted by molar-refractivity contribution is 14.0. The molecule has 1 aromatic heterocycles. The number of benzene rings is 2. The van der Waals surface area contributed by atoms with Crippen LogP contribution in [0.1, 0.15) is 17.8 Å². The summed E-state index contributed by atoms with van der Waals surface area (Å²) in [5, 5.41) is 6.43. The monoisotopic (exact) mass is 513 g/mol. The quantitative estimate of drug-likeness (QED) is 0.217. The third kappa shape index (κ3) is 6.38. The molecule has 2 N–H and O–H groups in total. The van der Waals surface area contributed by atoms with E-state index in [1.807, 2.05) is 25.1 Å². The van der Waals surface area contributed by atoms with Crippen LogP contribution in [0.3, 0.4) is 0 Å². The van der Waals surface area contributed by atoms with E-state index in [1.54, 1.807) is 7.05 Å². The fourth-order valence-corrected chi connectivity index (χ4v) is 3.22. The molecular weight excluding hydrogens is 487 g/mol. The predicted octanol–water partition coefficient (Wildman–Crippen LogP) is 4.04. The van der Waals surface area contributed by atoms with Crippen LogP contribution in [0, 0.1) is 18.6 Å². The molecule has 5 nitrogen and oxygen atoms in total. The van der Waals surface area contributed by atoms with Crippen LogP contribution in [0.4, 0.5) is 8.78 Å². The second kappa shape index (κ2) is 11.1. The van der Waals surface area contributed by atoms with Gasteiger partial charge in [0.05, 0.1) is 11.0 Å². The van der Waals surface area contributed by atoms with Crippen LogP contribution in [0.2, 0.25) is 0 Å².